The average molecular weight is 408 g/mol. The van der Waals surface area contributed by atoms with Crippen LogP contribution in [0.5, 0.6) is 0 Å². The molecule has 1 aromatic heterocycles. The summed E-state index contributed by atoms with van der Waals surface area (Å²) in [5, 5.41) is 4.66. The number of nitrogens with one attached hydrogen (secondary N) is 2. The van der Waals surface area contributed by atoms with Crippen molar-refractivity contribution in [1.82, 2.24) is 5.32 Å². The molecule has 0 saturated carbocycles. The van der Waals surface area contributed by atoms with Crippen molar-refractivity contribution < 1.29 is 8.42 Å². The zero-order chi connectivity index (χ0) is 13.9. The van der Waals surface area contributed by atoms with E-state index in [1.807, 2.05) is 19.2 Å². The molecule has 0 atom stereocenters. The Morgan fingerprint density at radius 2 is 2.05 bits per heavy atom. The molecule has 102 valence electrons. The first-order valence-electron chi connectivity index (χ1n) is 5.52. The van der Waals surface area contributed by atoms with E-state index < -0.39 is 10.0 Å². The second-order valence-corrected chi connectivity index (χ2v) is 7.70. The average Bonchev–Trinajstić information content (AvgIpc) is 2.82. The van der Waals surface area contributed by atoms with Crippen LogP contribution >= 0.6 is 33.9 Å². The standard InChI is InChI=1S/C12H13IN2O2S2/c1-14-7-9-6-10(8-18-9)19(16,17)15-12-5-3-2-4-11(12)13/h2-6,8,14-15H,7H2,1H3. The molecule has 1 heterocycles. The fourth-order valence-corrected chi connectivity index (χ4v) is 4.59. The second kappa shape index (κ2) is 6.21. The summed E-state index contributed by atoms with van der Waals surface area (Å²) in [5.74, 6) is 0. The third-order valence-electron chi connectivity index (χ3n) is 2.41. The molecule has 7 heteroatoms. The fraction of sp³-hybridized carbons (Fsp3) is 0.167. The van der Waals surface area contributed by atoms with E-state index in [2.05, 4.69) is 32.6 Å². The number of sulfonamides is 1. The molecule has 0 bridgehead atoms. The van der Waals surface area contributed by atoms with Gasteiger partial charge < -0.3 is 5.32 Å². The van der Waals surface area contributed by atoms with Gasteiger partial charge in [-0.3, -0.25) is 4.72 Å². The molecule has 0 aliphatic rings. The molecular formula is C12H13IN2O2S2. The molecule has 0 fully saturated rings. The highest BCUT2D eigenvalue weighted by molar-refractivity contribution is 14.1. The molecular weight excluding hydrogens is 395 g/mol. The zero-order valence-corrected chi connectivity index (χ0v) is 14.0. The summed E-state index contributed by atoms with van der Waals surface area (Å²) >= 11 is 3.54. The third kappa shape index (κ3) is 3.68. The maximum Gasteiger partial charge on any atom is 0.262 e. The second-order valence-electron chi connectivity index (χ2n) is 3.86. The Morgan fingerprint density at radius 3 is 2.74 bits per heavy atom. The van der Waals surface area contributed by atoms with Crippen molar-refractivity contribution in [3.8, 4) is 0 Å². The van der Waals surface area contributed by atoms with Gasteiger partial charge in [-0.1, -0.05) is 12.1 Å². The van der Waals surface area contributed by atoms with Gasteiger partial charge in [-0.15, -0.1) is 11.3 Å². The van der Waals surface area contributed by atoms with E-state index in [0.29, 0.717) is 17.1 Å². The number of anilines is 1. The number of benzene rings is 1. The lowest BCUT2D eigenvalue weighted by Crippen LogP contribution is -2.13. The van der Waals surface area contributed by atoms with Gasteiger partial charge in [-0.2, -0.15) is 0 Å². The van der Waals surface area contributed by atoms with Crippen molar-refractivity contribution in [2.45, 2.75) is 11.4 Å². The Morgan fingerprint density at radius 1 is 1.32 bits per heavy atom. The topological polar surface area (TPSA) is 58.2 Å². The quantitative estimate of drug-likeness (QED) is 0.749. The van der Waals surface area contributed by atoms with Crippen LogP contribution in [0, 0.1) is 3.57 Å². The van der Waals surface area contributed by atoms with Gasteiger partial charge in [-0.05, 0) is 47.8 Å². The third-order valence-corrected chi connectivity index (χ3v) is 5.78. The molecule has 4 nitrogen and oxygen atoms in total. The summed E-state index contributed by atoms with van der Waals surface area (Å²) in [6, 6.07) is 8.98. The number of hydrogen-bond donors (Lipinski definition) is 2. The first kappa shape index (κ1) is 14.8. The summed E-state index contributed by atoms with van der Waals surface area (Å²) in [6.07, 6.45) is 0. The van der Waals surface area contributed by atoms with Crippen LogP contribution in [0.4, 0.5) is 5.69 Å². The number of thiophene rings is 1. The predicted octanol–water partition coefficient (Wildman–Crippen LogP) is 2.87. The Balaban J connectivity index is 2.25. The monoisotopic (exact) mass is 408 g/mol. The highest BCUT2D eigenvalue weighted by Crippen LogP contribution is 2.24. The molecule has 0 saturated heterocycles. The highest BCUT2D eigenvalue weighted by Gasteiger charge is 2.17. The molecule has 2 aromatic rings. The summed E-state index contributed by atoms with van der Waals surface area (Å²) in [4.78, 5) is 1.30. The minimum absolute atomic E-state index is 0.308. The first-order chi connectivity index (χ1) is 9.03. The van der Waals surface area contributed by atoms with E-state index in [1.54, 1.807) is 23.6 Å². The van der Waals surface area contributed by atoms with Gasteiger partial charge >= 0.3 is 0 Å². The van der Waals surface area contributed by atoms with E-state index in [0.717, 1.165) is 8.45 Å². The van der Waals surface area contributed by atoms with Gasteiger partial charge in [0.25, 0.3) is 10.0 Å². The normalized spacial score (nSPS) is 11.5. The van der Waals surface area contributed by atoms with E-state index in [-0.39, 0.29) is 0 Å². The van der Waals surface area contributed by atoms with Gasteiger partial charge in [0.2, 0.25) is 0 Å². The summed E-state index contributed by atoms with van der Waals surface area (Å²) in [7, 11) is -1.67. The number of para-hydroxylation sites is 1. The van der Waals surface area contributed by atoms with Crippen LogP contribution in [0.2, 0.25) is 0 Å². The van der Waals surface area contributed by atoms with Crippen molar-refractivity contribution in [2.75, 3.05) is 11.8 Å². The Hall–Kier alpha value is -0.640. The molecule has 0 spiro atoms. The van der Waals surface area contributed by atoms with Gasteiger partial charge in [0, 0.05) is 20.4 Å². The predicted molar refractivity (Wildman–Crippen MR) is 87.1 cm³/mol. The van der Waals surface area contributed by atoms with Gasteiger partial charge in [0.15, 0.2) is 0 Å². The number of rotatable bonds is 5. The van der Waals surface area contributed by atoms with Crippen LogP contribution in [0.1, 0.15) is 4.88 Å². The van der Waals surface area contributed by atoms with Crippen LogP contribution in [-0.4, -0.2) is 15.5 Å². The number of hydrogen-bond acceptors (Lipinski definition) is 4. The number of halogens is 1. The lowest BCUT2D eigenvalue weighted by molar-refractivity contribution is 0.601. The molecule has 2 N–H and O–H groups in total. The Labute approximate surface area is 130 Å². The largest absolute Gasteiger partial charge is 0.315 e. The van der Waals surface area contributed by atoms with Crippen molar-refractivity contribution in [1.29, 1.82) is 0 Å². The van der Waals surface area contributed by atoms with Crippen LogP contribution in [0.3, 0.4) is 0 Å². The zero-order valence-electron chi connectivity index (χ0n) is 10.2. The SMILES string of the molecule is CNCc1cc(S(=O)(=O)Nc2ccccc2I)cs1. The molecule has 0 aliphatic carbocycles. The van der Waals surface area contributed by atoms with Crippen LogP contribution in [-0.2, 0) is 16.6 Å². The molecule has 19 heavy (non-hydrogen) atoms. The molecule has 1 aromatic carbocycles. The first-order valence-corrected chi connectivity index (χ1v) is 8.96. The molecule has 0 radical (unpaired) electrons. The molecule has 0 unspecified atom stereocenters. The summed E-state index contributed by atoms with van der Waals surface area (Å²) < 4.78 is 28.0. The van der Waals surface area contributed by atoms with E-state index >= 15 is 0 Å². The molecule has 0 amide bonds. The lowest BCUT2D eigenvalue weighted by Gasteiger charge is -2.08. The van der Waals surface area contributed by atoms with Gasteiger partial charge in [0.1, 0.15) is 0 Å². The smallest absolute Gasteiger partial charge is 0.262 e. The summed E-state index contributed by atoms with van der Waals surface area (Å²) in [6.45, 7) is 0.670. The van der Waals surface area contributed by atoms with E-state index in [4.69, 9.17) is 0 Å². The van der Waals surface area contributed by atoms with E-state index in [1.165, 1.54) is 11.3 Å². The molecule has 0 aliphatic heterocycles. The maximum atomic E-state index is 12.2. The lowest BCUT2D eigenvalue weighted by atomic mass is 10.3. The van der Waals surface area contributed by atoms with Gasteiger partial charge in [-0.25, -0.2) is 8.42 Å². The van der Waals surface area contributed by atoms with Crippen molar-refractivity contribution in [3.63, 3.8) is 0 Å². The van der Waals surface area contributed by atoms with Crippen LogP contribution < -0.4 is 10.0 Å². The van der Waals surface area contributed by atoms with Crippen molar-refractivity contribution >= 4 is 49.6 Å². The fourth-order valence-electron chi connectivity index (χ4n) is 1.52. The Kier molecular flexibility index (Phi) is 4.82. The van der Waals surface area contributed by atoms with Crippen LogP contribution in [0.25, 0.3) is 0 Å². The van der Waals surface area contributed by atoms with Crippen molar-refractivity contribution in [3.05, 3.63) is 44.2 Å². The van der Waals surface area contributed by atoms with Crippen LogP contribution in [0.15, 0.2) is 40.6 Å². The van der Waals surface area contributed by atoms with Gasteiger partial charge in [0.05, 0.1) is 10.6 Å². The molecule has 2 rings (SSSR count). The maximum absolute atomic E-state index is 12.2. The highest BCUT2D eigenvalue weighted by atomic mass is 127. The van der Waals surface area contributed by atoms with E-state index in [9.17, 15) is 8.42 Å². The Bertz CT molecular complexity index is 668. The minimum atomic E-state index is -3.51. The summed E-state index contributed by atoms with van der Waals surface area (Å²) in [5.41, 5.74) is 0.601. The van der Waals surface area contributed by atoms with Crippen molar-refractivity contribution in [2.24, 2.45) is 0 Å². The minimum Gasteiger partial charge on any atom is -0.315 e.